The molecule has 0 saturated heterocycles. The van der Waals surface area contributed by atoms with Crippen molar-refractivity contribution in [1.29, 1.82) is 0 Å². The minimum atomic E-state index is 0.641. The molecule has 0 amide bonds. The van der Waals surface area contributed by atoms with Gasteiger partial charge in [-0.15, -0.1) is 0 Å². The van der Waals surface area contributed by atoms with Crippen LogP contribution in [0, 0.1) is 0 Å². The third-order valence-electron chi connectivity index (χ3n) is 1.81. The molecule has 3 heteroatoms. The summed E-state index contributed by atoms with van der Waals surface area (Å²) >= 11 is 1.90. The number of thioether (sulfide) groups is 1. The van der Waals surface area contributed by atoms with Gasteiger partial charge in [-0.05, 0) is 22.9 Å². The number of anilines is 1. The lowest BCUT2D eigenvalue weighted by Crippen LogP contribution is -1.93. The van der Waals surface area contributed by atoms with Crippen LogP contribution >= 0.6 is 11.8 Å². The maximum atomic E-state index is 5.75. The van der Waals surface area contributed by atoms with Crippen molar-refractivity contribution in [2.24, 2.45) is 0 Å². The van der Waals surface area contributed by atoms with Crippen LogP contribution in [0.25, 0.3) is 0 Å². The van der Waals surface area contributed by atoms with Gasteiger partial charge in [-0.3, -0.25) is 0 Å². The van der Waals surface area contributed by atoms with Crippen LogP contribution in [-0.4, -0.2) is 12.4 Å². The van der Waals surface area contributed by atoms with Crippen molar-refractivity contribution < 1.29 is 4.74 Å². The van der Waals surface area contributed by atoms with E-state index in [9.17, 15) is 0 Å². The van der Waals surface area contributed by atoms with Crippen LogP contribution in [0.15, 0.2) is 18.2 Å². The van der Waals surface area contributed by atoms with E-state index in [0.29, 0.717) is 5.25 Å². The van der Waals surface area contributed by atoms with Gasteiger partial charge < -0.3 is 10.5 Å². The van der Waals surface area contributed by atoms with Gasteiger partial charge in [0.15, 0.2) is 0 Å². The van der Waals surface area contributed by atoms with Gasteiger partial charge in [0.2, 0.25) is 0 Å². The first kappa shape index (κ1) is 11.2. The fourth-order valence-corrected chi connectivity index (χ4v) is 1.84. The fraction of sp³-hybridized carbons (Fsp3) is 0.455. The molecule has 0 aliphatic carbocycles. The Balaban J connectivity index is 2.71. The summed E-state index contributed by atoms with van der Waals surface area (Å²) in [4.78, 5) is 0. The van der Waals surface area contributed by atoms with Gasteiger partial charge in [-0.25, -0.2) is 0 Å². The molecule has 0 unspecified atom stereocenters. The molecule has 0 aromatic heterocycles. The standard InChI is InChI=1S/C11H17NOS/c1-8(2)14-7-9-4-10(12)6-11(5-9)13-3/h4-6,8H,7,12H2,1-3H3. The third kappa shape index (κ3) is 3.50. The predicted octanol–water partition coefficient (Wildman–Crippen LogP) is 2.92. The molecule has 0 bridgehead atoms. The Hall–Kier alpha value is -0.830. The molecule has 1 aromatic rings. The summed E-state index contributed by atoms with van der Waals surface area (Å²) in [5.41, 5.74) is 7.74. The van der Waals surface area contributed by atoms with E-state index in [2.05, 4.69) is 13.8 Å². The molecule has 0 spiro atoms. The third-order valence-corrected chi connectivity index (χ3v) is 2.97. The molecular formula is C11H17NOS. The van der Waals surface area contributed by atoms with Crippen LogP contribution < -0.4 is 10.5 Å². The van der Waals surface area contributed by atoms with Gasteiger partial charge in [0.1, 0.15) is 5.75 Å². The summed E-state index contributed by atoms with van der Waals surface area (Å²) in [7, 11) is 1.66. The van der Waals surface area contributed by atoms with Crippen LogP contribution in [0.2, 0.25) is 0 Å². The zero-order valence-electron chi connectivity index (χ0n) is 8.91. The zero-order chi connectivity index (χ0) is 10.6. The summed E-state index contributed by atoms with van der Waals surface area (Å²) in [6, 6.07) is 5.87. The molecule has 0 atom stereocenters. The average molecular weight is 211 g/mol. The highest BCUT2D eigenvalue weighted by Gasteiger charge is 2.01. The summed E-state index contributed by atoms with van der Waals surface area (Å²) < 4.78 is 5.15. The van der Waals surface area contributed by atoms with Gasteiger partial charge in [0.25, 0.3) is 0 Å². The van der Waals surface area contributed by atoms with Crippen LogP contribution in [0.1, 0.15) is 19.4 Å². The number of nitrogens with two attached hydrogens (primary N) is 1. The van der Waals surface area contributed by atoms with Gasteiger partial charge in [0, 0.05) is 17.5 Å². The topological polar surface area (TPSA) is 35.2 Å². The predicted molar refractivity (Wildman–Crippen MR) is 63.8 cm³/mol. The maximum Gasteiger partial charge on any atom is 0.121 e. The van der Waals surface area contributed by atoms with E-state index in [0.717, 1.165) is 17.2 Å². The zero-order valence-corrected chi connectivity index (χ0v) is 9.73. The van der Waals surface area contributed by atoms with Crippen molar-refractivity contribution in [2.75, 3.05) is 12.8 Å². The smallest absolute Gasteiger partial charge is 0.121 e. The number of rotatable bonds is 4. The highest BCUT2D eigenvalue weighted by atomic mass is 32.2. The van der Waals surface area contributed by atoms with Crippen LogP contribution in [0.5, 0.6) is 5.75 Å². The second-order valence-corrected chi connectivity index (χ2v) is 5.04. The van der Waals surface area contributed by atoms with Gasteiger partial charge >= 0.3 is 0 Å². The van der Waals surface area contributed by atoms with Crippen LogP contribution in [0.4, 0.5) is 5.69 Å². The molecule has 0 radical (unpaired) electrons. The fourth-order valence-electron chi connectivity index (χ4n) is 1.15. The lowest BCUT2D eigenvalue weighted by atomic mass is 10.2. The summed E-state index contributed by atoms with van der Waals surface area (Å²) in [5.74, 6) is 1.82. The first-order valence-corrected chi connectivity index (χ1v) is 5.71. The second kappa shape index (κ2) is 5.15. The lowest BCUT2D eigenvalue weighted by molar-refractivity contribution is 0.414. The highest BCUT2D eigenvalue weighted by molar-refractivity contribution is 7.99. The van der Waals surface area contributed by atoms with E-state index in [1.165, 1.54) is 5.56 Å². The van der Waals surface area contributed by atoms with Gasteiger partial charge in [-0.2, -0.15) is 11.8 Å². The van der Waals surface area contributed by atoms with E-state index in [-0.39, 0.29) is 0 Å². The van der Waals surface area contributed by atoms with E-state index in [4.69, 9.17) is 10.5 Å². The number of methoxy groups -OCH3 is 1. The minimum absolute atomic E-state index is 0.641. The Morgan fingerprint density at radius 2 is 2.07 bits per heavy atom. The molecule has 0 fully saturated rings. The van der Waals surface area contributed by atoms with Crippen molar-refractivity contribution in [3.8, 4) is 5.75 Å². The van der Waals surface area contributed by atoms with Crippen molar-refractivity contribution in [1.82, 2.24) is 0 Å². The molecule has 0 aliphatic rings. The first-order chi connectivity index (χ1) is 6.61. The molecule has 78 valence electrons. The Labute approximate surface area is 89.8 Å². The van der Waals surface area contributed by atoms with E-state index >= 15 is 0 Å². The Bertz CT molecular complexity index is 299. The number of hydrogen-bond acceptors (Lipinski definition) is 3. The van der Waals surface area contributed by atoms with E-state index in [1.807, 2.05) is 30.0 Å². The summed E-state index contributed by atoms with van der Waals surface area (Å²) in [6.45, 7) is 4.38. The van der Waals surface area contributed by atoms with Crippen molar-refractivity contribution >= 4 is 17.4 Å². The molecule has 2 N–H and O–H groups in total. The SMILES string of the molecule is COc1cc(N)cc(CSC(C)C)c1. The van der Waals surface area contributed by atoms with Crippen molar-refractivity contribution in [3.63, 3.8) is 0 Å². The molecule has 1 rings (SSSR count). The van der Waals surface area contributed by atoms with Gasteiger partial charge in [0.05, 0.1) is 7.11 Å². The molecule has 2 nitrogen and oxygen atoms in total. The maximum absolute atomic E-state index is 5.75. The summed E-state index contributed by atoms with van der Waals surface area (Å²) in [5, 5.41) is 0.641. The Morgan fingerprint density at radius 1 is 1.36 bits per heavy atom. The lowest BCUT2D eigenvalue weighted by Gasteiger charge is -2.08. The average Bonchev–Trinajstić information content (AvgIpc) is 2.14. The van der Waals surface area contributed by atoms with Crippen molar-refractivity contribution in [2.45, 2.75) is 24.9 Å². The first-order valence-electron chi connectivity index (χ1n) is 4.67. The minimum Gasteiger partial charge on any atom is -0.497 e. The number of nitrogen functional groups attached to an aromatic ring is 1. The molecule has 1 aromatic carbocycles. The second-order valence-electron chi connectivity index (χ2n) is 3.47. The number of ether oxygens (including phenoxy) is 1. The number of benzene rings is 1. The van der Waals surface area contributed by atoms with E-state index < -0.39 is 0 Å². The normalized spacial score (nSPS) is 10.6. The van der Waals surface area contributed by atoms with Crippen LogP contribution in [-0.2, 0) is 5.75 Å². The molecular weight excluding hydrogens is 194 g/mol. The summed E-state index contributed by atoms with van der Waals surface area (Å²) in [6.07, 6.45) is 0. The Morgan fingerprint density at radius 3 is 2.64 bits per heavy atom. The van der Waals surface area contributed by atoms with Crippen molar-refractivity contribution in [3.05, 3.63) is 23.8 Å². The molecule has 0 saturated carbocycles. The largest absolute Gasteiger partial charge is 0.497 e. The Kier molecular flexibility index (Phi) is 4.14. The number of hydrogen-bond donors (Lipinski definition) is 1. The highest BCUT2D eigenvalue weighted by Crippen LogP contribution is 2.23. The quantitative estimate of drug-likeness (QED) is 0.778. The molecule has 14 heavy (non-hydrogen) atoms. The monoisotopic (exact) mass is 211 g/mol. The molecule has 0 aliphatic heterocycles. The van der Waals surface area contributed by atoms with E-state index in [1.54, 1.807) is 7.11 Å². The van der Waals surface area contributed by atoms with Gasteiger partial charge in [-0.1, -0.05) is 13.8 Å². The molecule has 0 heterocycles. The van der Waals surface area contributed by atoms with Crippen LogP contribution in [0.3, 0.4) is 0 Å².